The van der Waals surface area contributed by atoms with Crippen LogP contribution in [0.5, 0.6) is 5.75 Å². The van der Waals surface area contributed by atoms with Crippen LogP contribution in [0.15, 0.2) is 24.3 Å². The monoisotopic (exact) mass is 248 g/mol. The summed E-state index contributed by atoms with van der Waals surface area (Å²) in [5.74, 6) is -0.381. The van der Waals surface area contributed by atoms with Crippen LogP contribution < -0.4 is 4.74 Å². The van der Waals surface area contributed by atoms with Crippen molar-refractivity contribution in [2.24, 2.45) is 0 Å². The van der Waals surface area contributed by atoms with Gasteiger partial charge in [0.15, 0.2) is 0 Å². The van der Waals surface area contributed by atoms with E-state index in [1.807, 2.05) is 0 Å². The summed E-state index contributed by atoms with van der Waals surface area (Å²) in [7, 11) is 0. The van der Waals surface area contributed by atoms with E-state index in [4.69, 9.17) is 4.74 Å². The average Bonchev–Trinajstić information content (AvgIpc) is 2.64. The normalized spacial score (nSPS) is 24.9. The van der Waals surface area contributed by atoms with Crippen LogP contribution in [-0.4, -0.2) is 24.7 Å². The zero-order valence-electron chi connectivity index (χ0n) is 8.83. The van der Waals surface area contributed by atoms with Gasteiger partial charge in [0.25, 0.3) is 0 Å². The van der Waals surface area contributed by atoms with Crippen LogP contribution in [0.25, 0.3) is 0 Å². The number of alkyl halides is 3. The first-order chi connectivity index (χ1) is 7.91. The molecule has 2 rings (SSSR count). The molecule has 0 bridgehead atoms. The molecule has 0 radical (unpaired) electrons. The molecule has 1 atom stereocenters. The van der Waals surface area contributed by atoms with Gasteiger partial charge in [-0.05, 0) is 6.07 Å². The van der Waals surface area contributed by atoms with E-state index in [1.54, 1.807) is 6.07 Å². The van der Waals surface area contributed by atoms with Crippen molar-refractivity contribution >= 4 is 0 Å². The molecular formula is C11H11F3O3. The van der Waals surface area contributed by atoms with Gasteiger partial charge >= 0.3 is 6.36 Å². The van der Waals surface area contributed by atoms with Crippen LogP contribution >= 0.6 is 0 Å². The topological polar surface area (TPSA) is 38.7 Å². The van der Waals surface area contributed by atoms with Crippen molar-refractivity contribution in [3.8, 4) is 5.75 Å². The van der Waals surface area contributed by atoms with Crippen LogP contribution in [-0.2, 0) is 10.3 Å². The Bertz CT molecular complexity index is 397. The Kier molecular flexibility index (Phi) is 3.01. The number of rotatable bonds is 2. The molecule has 17 heavy (non-hydrogen) atoms. The fraction of sp³-hybridized carbons (Fsp3) is 0.455. The predicted octanol–water partition coefficient (Wildman–Crippen LogP) is 2.19. The smallest absolute Gasteiger partial charge is 0.405 e. The Balaban J connectivity index is 2.33. The summed E-state index contributed by atoms with van der Waals surface area (Å²) < 4.78 is 45.5. The molecule has 6 heteroatoms. The second-order valence-electron chi connectivity index (χ2n) is 3.88. The van der Waals surface area contributed by atoms with Crippen molar-refractivity contribution in [1.82, 2.24) is 0 Å². The molecule has 1 fully saturated rings. The molecule has 0 amide bonds. The summed E-state index contributed by atoms with van der Waals surface area (Å²) in [4.78, 5) is 0. The van der Waals surface area contributed by atoms with Crippen molar-refractivity contribution in [3.63, 3.8) is 0 Å². The minimum atomic E-state index is -4.77. The third-order valence-electron chi connectivity index (χ3n) is 2.61. The second-order valence-corrected chi connectivity index (χ2v) is 3.88. The minimum Gasteiger partial charge on any atom is -0.405 e. The van der Waals surface area contributed by atoms with Crippen LogP contribution in [0.3, 0.4) is 0 Å². The number of hydrogen-bond donors (Lipinski definition) is 1. The Labute approximate surface area is 95.8 Å². The lowest BCUT2D eigenvalue weighted by molar-refractivity contribution is -0.275. The zero-order valence-corrected chi connectivity index (χ0v) is 8.83. The summed E-state index contributed by atoms with van der Waals surface area (Å²) in [6.45, 7) is 0.294. The molecule has 0 spiro atoms. The molecule has 0 aliphatic carbocycles. The average molecular weight is 248 g/mol. The van der Waals surface area contributed by atoms with E-state index in [2.05, 4.69) is 4.74 Å². The first-order valence-electron chi connectivity index (χ1n) is 5.06. The van der Waals surface area contributed by atoms with Crippen molar-refractivity contribution in [2.45, 2.75) is 18.4 Å². The third-order valence-corrected chi connectivity index (χ3v) is 2.61. The van der Waals surface area contributed by atoms with E-state index in [0.717, 1.165) is 0 Å². The Morgan fingerprint density at radius 1 is 1.29 bits per heavy atom. The Morgan fingerprint density at radius 2 is 2.00 bits per heavy atom. The van der Waals surface area contributed by atoms with Gasteiger partial charge in [0.05, 0.1) is 6.61 Å². The van der Waals surface area contributed by atoms with E-state index >= 15 is 0 Å². The quantitative estimate of drug-likeness (QED) is 0.871. The molecule has 94 valence electrons. The summed E-state index contributed by atoms with van der Waals surface area (Å²) in [6, 6.07) is 5.56. The largest absolute Gasteiger partial charge is 0.573 e. The van der Waals surface area contributed by atoms with E-state index in [9.17, 15) is 18.3 Å². The molecule has 1 aliphatic rings. The van der Waals surface area contributed by atoms with Crippen LogP contribution in [0.1, 0.15) is 12.0 Å². The maximum atomic E-state index is 12.2. The highest BCUT2D eigenvalue weighted by Crippen LogP contribution is 2.38. The van der Waals surface area contributed by atoms with Gasteiger partial charge in [-0.2, -0.15) is 0 Å². The lowest BCUT2D eigenvalue weighted by Crippen LogP contribution is -2.28. The van der Waals surface area contributed by atoms with E-state index in [-0.39, 0.29) is 24.3 Å². The maximum absolute atomic E-state index is 12.2. The molecule has 3 nitrogen and oxygen atoms in total. The van der Waals surface area contributed by atoms with Gasteiger partial charge in [-0.3, -0.25) is 0 Å². The number of aliphatic hydroxyl groups is 1. The fourth-order valence-corrected chi connectivity index (χ4v) is 1.83. The summed E-state index contributed by atoms with van der Waals surface area (Å²) in [6.07, 6.45) is -4.52. The highest BCUT2D eigenvalue weighted by molar-refractivity contribution is 5.38. The SMILES string of the molecule is OC1(c2ccccc2OC(F)(F)F)CCOC1. The van der Waals surface area contributed by atoms with Crippen LogP contribution in [0.4, 0.5) is 13.2 Å². The maximum Gasteiger partial charge on any atom is 0.573 e. The van der Waals surface area contributed by atoms with Gasteiger partial charge in [-0.1, -0.05) is 18.2 Å². The lowest BCUT2D eigenvalue weighted by Gasteiger charge is -2.24. The first-order valence-corrected chi connectivity index (χ1v) is 5.06. The Morgan fingerprint density at radius 3 is 2.59 bits per heavy atom. The molecular weight excluding hydrogens is 237 g/mol. The molecule has 1 N–H and O–H groups in total. The number of halogens is 3. The molecule has 1 aromatic carbocycles. The van der Waals surface area contributed by atoms with Crippen LogP contribution in [0, 0.1) is 0 Å². The summed E-state index contributed by atoms with van der Waals surface area (Å²) in [5.41, 5.74) is -1.29. The number of para-hydroxylation sites is 1. The standard InChI is InChI=1S/C11H11F3O3/c12-11(13,14)17-9-4-2-1-3-8(9)10(15)5-6-16-7-10/h1-4,15H,5-7H2. The van der Waals surface area contributed by atoms with Gasteiger partial charge in [0.1, 0.15) is 11.4 Å². The summed E-state index contributed by atoms with van der Waals surface area (Å²) >= 11 is 0. The van der Waals surface area contributed by atoms with E-state index in [1.165, 1.54) is 18.2 Å². The van der Waals surface area contributed by atoms with Gasteiger partial charge in [0, 0.05) is 18.6 Å². The molecule has 0 aromatic heterocycles. The molecule has 1 aliphatic heterocycles. The van der Waals surface area contributed by atoms with E-state index < -0.39 is 12.0 Å². The summed E-state index contributed by atoms with van der Waals surface area (Å²) in [5, 5.41) is 10.2. The fourth-order valence-electron chi connectivity index (χ4n) is 1.83. The lowest BCUT2D eigenvalue weighted by atomic mass is 9.92. The molecule has 1 heterocycles. The highest BCUT2D eigenvalue weighted by atomic mass is 19.4. The van der Waals surface area contributed by atoms with Crippen molar-refractivity contribution < 1.29 is 27.8 Å². The first kappa shape index (κ1) is 12.2. The van der Waals surface area contributed by atoms with Gasteiger partial charge < -0.3 is 14.6 Å². The predicted molar refractivity (Wildman–Crippen MR) is 52.5 cm³/mol. The minimum absolute atomic E-state index is 0.0226. The number of benzene rings is 1. The third kappa shape index (κ3) is 2.70. The van der Waals surface area contributed by atoms with Crippen molar-refractivity contribution in [1.29, 1.82) is 0 Å². The second kappa shape index (κ2) is 4.19. The highest BCUT2D eigenvalue weighted by Gasteiger charge is 2.39. The van der Waals surface area contributed by atoms with Crippen molar-refractivity contribution in [3.05, 3.63) is 29.8 Å². The molecule has 1 saturated heterocycles. The zero-order chi connectivity index (χ0) is 12.5. The van der Waals surface area contributed by atoms with Crippen LogP contribution in [0.2, 0.25) is 0 Å². The van der Waals surface area contributed by atoms with Gasteiger partial charge in [-0.25, -0.2) is 0 Å². The number of hydrogen-bond acceptors (Lipinski definition) is 3. The molecule has 1 aromatic rings. The van der Waals surface area contributed by atoms with E-state index in [0.29, 0.717) is 6.61 Å². The molecule has 0 saturated carbocycles. The van der Waals surface area contributed by atoms with Gasteiger partial charge in [0.2, 0.25) is 0 Å². The number of ether oxygens (including phenoxy) is 2. The van der Waals surface area contributed by atoms with Gasteiger partial charge in [-0.15, -0.1) is 13.2 Å². The van der Waals surface area contributed by atoms with Crippen molar-refractivity contribution in [2.75, 3.05) is 13.2 Å². The molecule has 1 unspecified atom stereocenters. The Hall–Kier alpha value is -1.27.